The summed E-state index contributed by atoms with van der Waals surface area (Å²) in [4.78, 5) is 16.4. The smallest absolute Gasteiger partial charge is 0.230 e. The van der Waals surface area contributed by atoms with Crippen molar-refractivity contribution >= 4 is 11.6 Å². The molecule has 3 rings (SSSR count). The van der Waals surface area contributed by atoms with Crippen molar-refractivity contribution in [1.82, 2.24) is 4.98 Å². The molecule has 1 aromatic heterocycles. The Morgan fingerprint density at radius 2 is 2.00 bits per heavy atom. The molecule has 0 aliphatic carbocycles. The zero-order valence-electron chi connectivity index (χ0n) is 12.5. The average Bonchev–Trinajstić information content (AvgIpc) is 3.00. The summed E-state index contributed by atoms with van der Waals surface area (Å²) in [6, 6.07) is 13.7. The van der Waals surface area contributed by atoms with Gasteiger partial charge in [-0.15, -0.1) is 0 Å². The standard InChI is InChI=1S/C18H15FN2O2/c1-12-7-8-14(19)9-16(12)21-17(22)10-15-11-23-18(20-15)13-5-3-2-4-6-13/h2-9,11H,10H2,1H3,(H,21,22). The van der Waals surface area contributed by atoms with Gasteiger partial charge in [-0.05, 0) is 36.8 Å². The first-order chi connectivity index (χ1) is 11.1. The van der Waals surface area contributed by atoms with Crippen LogP contribution in [0, 0.1) is 12.7 Å². The van der Waals surface area contributed by atoms with Crippen molar-refractivity contribution in [1.29, 1.82) is 0 Å². The van der Waals surface area contributed by atoms with E-state index in [0.717, 1.165) is 11.1 Å². The SMILES string of the molecule is Cc1ccc(F)cc1NC(=O)Cc1coc(-c2ccccc2)n1. The Balaban J connectivity index is 1.69. The number of hydrogen-bond acceptors (Lipinski definition) is 3. The molecule has 0 aliphatic rings. The minimum Gasteiger partial charge on any atom is -0.444 e. The second-order valence-electron chi connectivity index (χ2n) is 5.19. The fraction of sp³-hybridized carbons (Fsp3) is 0.111. The summed E-state index contributed by atoms with van der Waals surface area (Å²) in [6.45, 7) is 1.80. The molecule has 0 radical (unpaired) electrons. The molecule has 0 saturated heterocycles. The van der Waals surface area contributed by atoms with Crippen molar-refractivity contribution in [3.8, 4) is 11.5 Å². The van der Waals surface area contributed by atoms with Crippen molar-refractivity contribution in [3.63, 3.8) is 0 Å². The van der Waals surface area contributed by atoms with Gasteiger partial charge >= 0.3 is 0 Å². The number of hydrogen-bond donors (Lipinski definition) is 1. The Morgan fingerprint density at radius 1 is 1.22 bits per heavy atom. The van der Waals surface area contributed by atoms with Gasteiger partial charge in [-0.25, -0.2) is 9.37 Å². The number of nitrogens with one attached hydrogen (secondary N) is 1. The largest absolute Gasteiger partial charge is 0.444 e. The van der Waals surface area contributed by atoms with E-state index in [2.05, 4.69) is 10.3 Å². The van der Waals surface area contributed by atoms with Crippen molar-refractivity contribution < 1.29 is 13.6 Å². The van der Waals surface area contributed by atoms with E-state index in [0.29, 0.717) is 17.3 Å². The van der Waals surface area contributed by atoms with Crippen LogP contribution < -0.4 is 5.32 Å². The molecular formula is C18H15FN2O2. The minimum atomic E-state index is -0.390. The molecule has 0 unspecified atom stereocenters. The zero-order valence-corrected chi connectivity index (χ0v) is 12.5. The molecule has 0 aliphatic heterocycles. The summed E-state index contributed by atoms with van der Waals surface area (Å²) in [6.07, 6.45) is 1.52. The van der Waals surface area contributed by atoms with Crippen LogP contribution in [-0.4, -0.2) is 10.9 Å². The summed E-state index contributed by atoms with van der Waals surface area (Å²) in [5.74, 6) is -0.194. The molecule has 5 heteroatoms. The van der Waals surface area contributed by atoms with Crippen molar-refractivity contribution in [2.45, 2.75) is 13.3 Å². The molecule has 116 valence electrons. The van der Waals surface area contributed by atoms with Gasteiger partial charge in [-0.2, -0.15) is 0 Å². The maximum Gasteiger partial charge on any atom is 0.230 e. The zero-order chi connectivity index (χ0) is 16.2. The number of aromatic nitrogens is 1. The van der Waals surface area contributed by atoms with Crippen LogP contribution in [0.3, 0.4) is 0 Å². The lowest BCUT2D eigenvalue weighted by atomic mass is 10.2. The monoisotopic (exact) mass is 310 g/mol. The Morgan fingerprint density at radius 3 is 2.78 bits per heavy atom. The third-order valence-corrected chi connectivity index (χ3v) is 3.39. The first kappa shape index (κ1) is 15.0. The molecule has 0 saturated carbocycles. The Hall–Kier alpha value is -2.95. The Kier molecular flexibility index (Phi) is 4.19. The molecule has 0 bridgehead atoms. The molecule has 1 heterocycles. The minimum absolute atomic E-state index is 0.0618. The maximum atomic E-state index is 13.2. The van der Waals surface area contributed by atoms with E-state index in [-0.39, 0.29) is 12.3 Å². The third-order valence-electron chi connectivity index (χ3n) is 3.39. The predicted molar refractivity (Wildman–Crippen MR) is 85.4 cm³/mol. The lowest BCUT2D eigenvalue weighted by molar-refractivity contribution is -0.115. The van der Waals surface area contributed by atoms with Crippen LogP contribution in [0.1, 0.15) is 11.3 Å². The topological polar surface area (TPSA) is 55.1 Å². The Bertz CT molecular complexity index is 828. The molecular weight excluding hydrogens is 295 g/mol. The summed E-state index contributed by atoms with van der Waals surface area (Å²) >= 11 is 0. The van der Waals surface area contributed by atoms with Crippen molar-refractivity contribution in [3.05, 3.63) is 71.9 Å². The number of anilines is 1. The summed E-state index contributed by atoms with van der Waals surface area (Å²) in [5, 5.41) is 2.69. The van der Waals surface area contributed by atoms with Gasteiger partial charge in [0.1, 0.15) is 12.1 Å². The van der Waals surface area contributed by atoms with Gasteiger partial charge in [-0.3, -0.25) is 4.79 Å². The highest BCUT2D eigenvalue weighted by Gasteiger charge is 2.11. The summed E-state index contributed by atoms with van der Waals surface area (Å²) in [5.41, 5.74) is 2.63. The van der Waals surface area contributed by atoms with Gasteiger partial charge < -0.3 is 9.73 Å². The lowest BCUT2D eigenvalue weighted by Crippen LogP contribution is -2.15. The average molecular weight is 310 g/mol. The molecule has 23 heavy (non-hydrogen) atoms. The number of carbonyl (C=O) groups is 1. The fourth-order valence-electron chi connectivity index (χ4n) is 2.19. The van der Waals surface area contributed by atoms with Gasteiger partial charge in [-0.1, -0.05) is 24.3 Å². The van der Waals surface area contributed by atoms with Crippen LogP contribution >= 0.6 is 0 Å². The number of amides is 1. The van der Waals surface area contributed by atoms with Gasteiger partial charge in [0.15, 0.2) is 0 Å². The summed E-state index contributed by atoms with van der Waals surface area (Å²) < 4.78 is 18.6. The highest BCUT2D eigenvalue weighted by molar-refractivity contribution is 5.92. The Labute approximate surface area is 133 Å². The van der Waals surface area contributed by atoms with Crippen molar-refractivity contribution in [2.24, 2.45) is 0 Å². The molecule has 0 fully saturated rings. The number of nitrogens with zero attached hydrogens (tertiary/aromatic N) is 1. The number of carbonyl (C=O) groups excluding carboxylic acids is 1. The summed E-state index contributed by atoms with van der Waals surface area (Å²) in [7, 11) is 0. The van der Waals surface area contributed by atoms with E-state index in [9.17, 15) is 9.18 Å². The van der Waals surface area contributed by atoms with E-state index < -0.39 is 5.82 Å². The predicted octanol–water partition coefficient (Wildman–Crippen LogP) is 3.97. The molecule has 0 atom stereocenters. The van der Waals surface area contributed by atoms with E-state index in [1.807, 2.05) is 30.3 Å². The first-order valence-corrected chi connectivity index (χ1v) is 7.17. The number of rotatable bonds is 4. The van der Waals surface area contributed by atoms with Crippen LogP contribution in [0.5, 0.6) is 0 Å². The molecule has 2 aromatic carbocycles. The second-order valence-corrected chi connectivity index (χ2v) is 5.19. The van der Waals surface area contributed by atoms with E-state index >= 15 is 0 Å². The van der Waals surface area contributed by atoms with Crippen LogP contribution in [0.2, 0.25) is 0 Å². The molecule has 4 nitrogen and oxygen atoms in total. The highest BCUT2D eigenvalue weighted by atomic mass is 19.1. The third kappa shape index (κ3) is 3.63. The van der Waals surface area contributed by atoms with Gasteiger partial charge in [0.25, 0.3) is 0 Å². The van der Waals surface area contributed by atoms with Crippen LogP contribution in [0.25, 0.3) is 11.5 Å². The van der Waals surface area contributed by atoms with Crippen molar-refractivity contribution in [2.75, 3.05) is 5.32 Å². The molecule has 3 aromatic rings. The molecule has 0 spiro atoms. The first-order valence-electron chi connectivity index (χ1n) is 7.17. The molecule has 1 N–H and O–H groups in total. The van der Waals surface area contributed by atoms with Crippen LogP contribution in [0.15, 0.2) is 59.2 Å². The van der Waals surface area contributed by atoms with Gasteiger partial charge in [0.05, 0.1) is 12.1 Å². The van der Waals surface area contributed by atoms with E-state index in [4.69, 9.17) is 4.42 Å². The number of oxazole rings is 1. The quantitative estimate of drug-likeness (QED) is 0.793. The second kappa shape index (κ2) is 6.44. The number of halogens is 1. The van der Waals surface area contributed by atoms with E-state index in [1.54, 1.807) is 13.0 Å². The molecule has 1 amide bonds. The van der Waals surface area contributed by atoms with Crippen LogP contribution in [-0.2, 0) is 11.2 Å². The lowest BCUT2D eigenvalue weighted by Gasteiger charge is -2.07. The highest BCUT2D eigenvalue weighted by Crippen LogP contribution is 2.19. The van der Waals surface area contributed by atoms with Crippen LogP contribution in [0.4, 0.5) is 10.1 Å². The number of benzene rings is 2. The maximum absolute atomic E-state index is 13.2. The van der Waals surface area contributed by atoms with E-state index in [1.165, 1.54) is 18.4 Å². The fourth-order valence-corrected chi connectivity index (χ4v) is 2.19. The van der Waals surface area contributed by atoms with Gasteiger partial charge in [0.2, 0.25) is 11.8 Å². The normalized spacial score (nSPS) is 10.5. The number of aryl methyl sites for hydroxylation is 1. The van der Waals surface area contributed by atoms with Gasteiger partial charge in [0, 0.05) is 11.3 Å².